The summed E-state index contributed by atoms with van der Waals surface area (Å²) in [5.41, 5.74) is 1.65. The number of carbonyl (C=O) groups excluding carboxylic acids is 2. The Kier molecular flexibility index (Phi) is 4.74. The molecule has 1 atom stereocenters. The first kappa shape index (κ1) is 14.5. The Morgan fingerprint density at radius 2 is 2.05 bits per heavy atom. The lowest BCUT2D eigenvalue weighted by Crippen LogP contribution is -2.41. The molecular weight excluding hydrogens is 254 g/mol. The second-order valence-corrected chi connectivity index (χ2v) is 5.12. The van der Waals surface area contributed by atoms with E-state index in [4.69, 9.17) is 0 Å². The van der Waals surface area contributed by atoms with Crippen LogP contribution in [0.25, 0.3) is 0 Å². The normalized spacial score (nSPS) is 17.8. The summed E-state index contributed by atoms with van der Waals surface area (Å²) >= 11 is 0. The van der Waals surface area contributed by atoms with Gasteiger partial charge in [0, 0.05) is 26.2 Å². The van der Waals surface area contributed by atoms with Gasteiger partial charge in [0.25, 0.3) is 5.91 Å². The standard InChI is InChI=1S/C15H21N3O2/c1-16-14(19)12-7-5-11(6-8-12)10-18(2)15(20)13-4-3-9-17-13/h5-8,13,17H,3-4,9-10H2,1-2H3,(H,16,19)/t13-/m1/s1. The van der Waals surface area contributed by atoms with Crippen LogP contribution in [-0.4, -0.2) is 43.4 Å². The maximum atomic E-state index is 12.2. The van der Waals surface area contributed by atoms with Crippen LogP contribution in [0.15, 0.2) is 24.3 Å². The number of nitrogens with one attached hydrogen (secondary N) is 2. The maximum absolute atomic E-state index is 12.2. The van der Waals surface area contributed by atoms with Gasteiger partial charge in [-0.3, -0.25) is 9.59 Å². The molecule has 5 nitrogen and oxygen atoms in total. The molecule has 108 valence electrons. The van der Waals surface area contributed by atoms with E-state index in [2.05, 4.69) is 10.6 Å². The van der Waals surface area contributed by atoms with Gasteiger partial charge in [-0.05, 0) is 37.1 Å². The lowest BCUT2D eigenvalue weighted by molar-refractivity contribution is -0.132. The first-order chi connectivity index (χ1) is 9.61. The Balaban J connectivity index is 1.95. The molecule has 0 unspecified atom stereocenters. The summed E-state index contributed by atoms with van der Waals surface area (Å²) in [4.78, 5) is 25.3. The highest BCUT2D eigenvalue weighted by Crippen LogP contribution is 2.11. The minimum atomic E-state index is -0.101. The molecule has 0 aromatic heterocycles. The molecular formula is C15H21N3O2. The fourth-order valence-corrected chi connectivity index (χ4v) is 2.42. The molecule has 1 aromatic carbocycles. The molecule has 0 saturated carbocycles. The van der Waals surface area contributed by atoms with Gasteiger partial charge in [-0.25, -0.2) is 0 Å². The average molecular weight is 275 g/mol. The molecule has 20 heavy (non-hydrogen) atoms. The van der Waals surface area contributed by atoms with E-state index < -0.39 is 0 Å². The smallest absolute Gasteiger partial charge is 0.251 e. The Morgan fingerprint density at radius 3 is 2.60 bits per heavy atom. The van der Waals surface area contributed by atoms with E-state index in [0.29, 0.717) is 12.1 Å². The number of nitrogens with zero attached hydrogens (tertiary/aromatic N) is 1. The second kappa shape index (κ2) is 6.52. The Bertz CT molecular complexity index is 478. The van der Waals surface area contributed by atoms with Crippen molar-refractivity contribution in [3.05, 3.63) is 35.4 Å². The summed E-state index contributed by atoms with van der Waals surface area (Å²) in [7, 11) is 3.42. The van der Waals surface area contributed by atoms with Crippen molar-refractivity contribution >= 4 is 11.8 Å². The molecule has 1 aliphatic rings. The summed E-state index contributed by atoms with van der Waals surface area (Å²) < 4.78 is 0. The van der Waals surface area contributed by atoms with Crippen molar-refractivity contribution in [3.8, 4) is 0 Å². The topological polar surface area (TPSA) is 61.4 Å². The van der Waals surface area contributed by atoms with Crippen LogP contribution in [0.1, 0.15) is 28.8 Å². The molecule has 1 fully saturated rings. The van der Waals surface area contributed by atoms with Crippen molar-refractivity contribution < 1.29 is 9.59 Å². The molecule has 0 bridgehead atoms. The van der Waals surface area contributed by atoms with E-state index in [0.717, 1.165) is 24.9 Å². The van der Waals surface area contributed by atoms with Gasteiger partial charge in [0.1, 0.15) is 0 Å². The highest BCUT2D eigenvalue weighted by molar-refractivity contribution is 5.93. The first-order valence-corrected chi connectivity index (χ1v) is 6.91. The summed E-state index contributed by atoms with van der Waals surface area (Å²) in [5.74, 6) is 0.0361. The molecule has 2 N–H and O–H groups in total. The molecule has 2 amide bonds. The van der Waals surface area contributed by atoms with Gasteiger partial charge in [-0.15, -0.1) is 0 Å². The predicted molar refractivity (Wildman–Crippen MR) is 77.3 cm³/mol. The maximum Gasteiger partial charge on any atom is 0.251 e. The molecule has 5 heteroatoms. The quantitative estimate of drug-likeness (QED) is 0.852. The summed E-state index contributed by atoms with van der Waals surface area (Å²) in [5, 5.41) is 5.80. The van der Waals surface area contributed by atoms with Crippen molar-refractivity contribution in [2.75, 3.05) is 20.6 Å². The third-order valence-electron chi connectivity index (χ3n) is 3.60. The SMILES string of the molecule is CNC(=O)c1ccc(CN(C)C(=O)[C@H]2CCCN2)cc1. The number of rotatable bonds is 4. The fourth-order valence-electron chi connectivity index (χ4n) is 2.42. The number of hydrogen-bond acceptors (Lipinski definition) is 3. The lowest BCUT2D eigenvalue weighted by Gasteiger charge is -2.21. The van der Waals surface area contributed by atoms with E-state index in [-0.39, 0.29) is 17.9 Å². The molecule has 2 rings (SSSR count). The van der Waals surface area contributed by atoms with Crippen LogP contribution in [0, 0.1) is 0 Å². The molecule has 0 aliphatic carbocycles. The largest absolute Gasteiger partial charge is 0.355 e. The van der Waals surface area contributed by atoms with Crippen LogP contribution in [0.3, 0.4) is 0 Å². The predicted octanol–water partition coefficient (Wildman–Crippen LogP) is 0.757. The monoisotopic (exact) mass is 275 g/mol. The number of likely N-dealkylation sites (N-methyl/N-ethyl adjacent to an activating group) is 1. The van der Waals surface area contributed by atoms with Gasteiger partial charge in [-0.1, -0.05) is 12.1 Å². The third kappa shape index (κ3) is 3.36. The van der Waals surface area contributed by atoms with Crippen LogP contribution in [0.4, 0.5) is 0 Å². The zero-order chi connectivity index (χ0) is 14.5. The highest BCUT2D eigenvalue weighted by atomic mass is 16.2. The molecule has 1 aliphatic heterocycles. The van der Waals surface area contributed by atoms with Gasteiger partial charge < -0.3 is 15.5 Å². The third-order valence-corrected chi connectivity index (χ3v) is 3.60. The van der Waals surface area contributed by atoms with Crippen molar-refractivity contribution in [1.82, 2.24) is 15.5 Å². The van der Waals surface area contributed by atoms with Crippen molar-refractivity contribution in [2.45, 2.75) is 25.4 Å². The molecule has 1 heterocycles. The van der Waals surface area contributed by atoms with Crippen LogP contribution < -0.4 is 10.6 Å². The summed E-state index contributed by atoms with van der Waals surface area (Å²) in [6.07, 6.45) is 1.98. The van der Waals surface area contributed by atoms with E-state index in [1.807, 2.05) is 19.2 Å². The van der Waals surface area contributed by atoms with E-state index >= 15 is 0 Å². The van der Waals surface area contributed by atoms with Gasteiger partial charge >= 0.3 is 0 Å². The highest BCUT2D eigenvalue weighted by Gasteiger charge is 2.24. The van der Waals surface area contributed by atoms with E-state index in [1.54, 1.807) is 24.1 Å². The van der Waals surface area contributed by atoms with Gasteiger partial charge in [0.2, 0.25) is 5.91 Å². The van der Waals surface area contributed by atoms with Crippen molar-refractivity contribution in [3.63, 3.8) is 0 Å². The van der Waals surface area contributed by atoms with Crippen LogP contribution >= 0.6 is 0 Å². The number of benzene rings is 1. The average Bonchev–Trinajstić information content (AvgIpc) is 3.00. The first-order valence-electron chi connectivity index (χ1n) is 6.91. The molecule has 1 aromatic rings. The van der Waals surface area contributed by atoms with Crippen LogP contribution in [-0.2, 0) is 11.3 Å². The molecule has 0 radical (unpaired) electrons. The molecule has 0 spiro atoms. The fraction of sp³-hybridized carbons (Fsp3) is 0.467. The number of amides is 2. The minimum absolute atomic E-state index is 0.0369. The van der Waals surface area contributed by atoms with Crippen LogP contribution in [0.2, 0.25) is 0 Å². The zero-order valence-corrected chi connectivity index (χ0v) is 12.0. The van der Waals surface area contributed by atoms with Gasteiger partial charge in [0.05, 0.1) is 6.04 Å². The summed E-state index contributed by atoms with van der Waals surface area (Å²) in [6, 6.07) is 7.29. The van der Waals surface area contributed by atoms with Crippen molar-refractivity contribution in [2.24, 2.45) is 0 Å². The Morgan fingerprint density at radius 1 is 1.35 bits per heavy atom. The van der Waals surface area contributed by atoms with Gasteiger partial charge in [0.15, 0.2) is 0 Å². The van der Waals surface area contributed by atoms with Crippen LogP contribution in [0.5, 0.6) is 0 Å². The lowest BCUT2D eigenvalue weighted by atomic mass is 10.1. The summed E-state index contributed by atoms with van der Waals surface area (Å²) in [6.45, 7) is 1.48. The molecule has 1 saturated heterocycles. The second-order valence-electron chi connectivity index (χ2n) is 5.12. The minimum Gasteiger partial charge on any atom is -0.355 e. The van der Waals surface area contributed by atoms with Crippen molar-refractivity contribution in [1.29, 1.82) is 0 Å². The Labute approximate surface area is 119 Å². The van der Waals surface area contributed by atoms with Gasteiger partial charge in [-0.2, -0.15) is 0 Å². The zero-order valence-electron chi connectivity index (χ0n) is 12.0. The Hall–Kier alpha value is -1.88. The number of carbonyl (C=O) groups is 2. The number of hydrogen-bond donors (Lipinski definition) is 2. The van der Waals surface area contributed by atoms with E-state index in [1.165, 1.54) is 0 Å². The van der Waals surface area contributed by atoms with E-state index in [9.17, 15) is 9.59 Å².